The van der Waals surface area contributed by atoms with Crippen molar-refractivity contribution in [3.05, 3.63) is 44.5 Å². The van der Waals surface area contributed by atoms with Crippen LogP contribution in [0.2, 0.25) is 0 Å². The molecule has 0 amide bonds. The molecule has 0 atom stereocenters. The van der Waals surface area contributed by atoms with Crippen molar-refractivity contribution < 1.29 is 21.7 Å². The van der Waals surface area contributed by atoms with Crippen LogP contribution < -0.4 is 0 Å². The fourth-order valence-electron chi connectivity index (χ4n) is 2.88. The maximum atomic E-state index is 6.21. The normalized spacial score (nSPS) is 20.1. The molecule has 0 heterocycles. The maximum Gasteiger partial charge on any atom is 0.0250 e. The van der Waals surface area contributed by atoms with E-state index >= 15 is 0 Å². The third-order valence-electron chi connectivity index (χ3n) is 3.94. The summed E-state index contributed by atoms with van der Waals surface area (Å²) in [5.74, 6) is 0. The smallest absolute Gasteiger partial charge is 0.0250 e. The van der Waals surface area contributed by atoms with Gasteiger partial charge in [-0.25, -0.2) is 0 Å². The summed E-state index contributed by atoms with van der Waals surface area (Å²) < 4.78 is 0. The van der Waals surface area contributed by atoms with Gasteiger partial charge in [0.2, 0.25) is 0 Å². The summed E-state index contributed by atoms with van der Waals surface area (Å²) in [5.41, 5.74) is 5.15. The molecule has 0 nitrogen and oxygen atoms in total. The zero-order valence-electron chi connectivity index (χ0n) is 11.3. The number of rotatable bonds is 2. The number of hydrogen-bond donors (Lipinski definition) is 0. The van der Waals surface area contributed by atoms with Crippen LogP contribution in [0.1, 0.15) is 40.5 Å². The van der Waals surface area contributed by atoms with E-state index in [0.717, 1.165) is 22.9 Å². The Morgan fingerprint density at radius 1 is 0.889 bits per heavy atom. The Balaban J connectivity index is 0.00000162. The minimum absolute atomic E-state index is 0. The molecular formula is C15H18Cl2Ti. The molecule has 0 bridgehead atoms. The Bertz CT molecular complexity index is 447. The minimum Gasteiger partial charge on any atom is -0.0885 e. The van der Waals surface area contributed by atoms with Crippen LogP contribution in [0.4, 0.5) is 0 Å². The minimum atomic E-state index is 0. The summed E-state index contributed by atoms with van der Waals surface area (Å²) in [6, 6.07) is 0. The molecule has 0 aromatic heterocycles. The fourth-order valence-corrected chi connectivity index (χ4v) is 3.24. The van der Waals surface area contributed by atoms with Crippen LogP contribution in [0.5, 0.6) is 0 Å². The van der Waals surface area contributed by atoms with Gasteiger partial charge in [0.15, 0.2) is 0 Å². The first-order valence-electron chi connectivity index (χ1n) is 5.98. The molecule has 0 N–H and O–H groups in total. The van der Waals surface area contributed by atoms with Crippen LogP contribution in [0.15, 0.2) is 44.5 Å². The molecule has 0 fully saturated rings. The topological polar surface area (TPSA) is 0 Å². The van der Waals surface area contributed by atoms with Gasteiger partial charge in [-0.15, -0.1) is 0 Å². The van der Waals surface area contributed by atoms with Crippen molar-refractivity contribution in [3.8, 4) is 0 Å². The number of allylic oxidation sites excluding steroid dienone is 8. The largest absolute Gasteiger partial charge is 0.0885 e. The first-order chi connectivity index (χ1) is 7.85. The number of hydrogen-bond acceptors (Lipinski definition) is 0. The van der Waals surface area contributed by atoms with Crippen molar-refractivity contribution >= 4 is 23.2 Å². The summed E-state index contributed by atoms with van der Waals surface area (Å²) in [4.78, 5) is 0. The Labute approximate surface area is 135 Å². The van der Waals surface area contributed by atoms with Crippen molar-refractivity contribution in [1.29, 1.82) is 0 Å². The quantitative estimate of drug-likeness (QED) is 0.573. The Kier molecular flexibility index (Phi) is 5.17. The third-order valence-corrected chi connectivity index (χ3v) is 4.81. The predicted molar refractivity (Wildman–Crippen MR) is 76.3 cm³/mol. The molecule has 0 spiro atoms. The van der Waals surface area contributed by atoms with Gasteiger partial charge in [-0.1, -0.05) is 49.2 Å². The fraction of sp³-hybridized carbons (Fsp3) is 0.467. The Hall–Kier alpha value is 0.254. The molecule has 18 heavy (non-hydrogen) atoms. The average Bonchev–Trinajstić information content (AvgIpc) is 2.75. The summed E-state index contributed by atoms with van der Waals surface area (Å²) in [7, 11) is 0. The first-order valence-corrected chi connectivity index (χ1v) is 6.73. The van der Waals surface area contributed by atoms with Gasteiger partial charge in [0.05, 0.1) is 0 Å². The van der Waals surface area contributed by atoms with Gasteiger partial charge < -0.3 is 0 Å². The van der Waals surface area contributed by atoms with Gasteiger partial charge in [0.1, 0.15) is 0 Å². The SMILES string of the molecule is CC1=C(Cl)CC=C1C(C)(C)C1=CCC(Cl)=C1C.[Ti]. The second-order valence-electron chi connectivity index (χ2n) is 5.33. The van der Waals surface area contributed by atoms with E-state index in [4.69, 9.17) is 23.2 Å². The van der Waals surface area contributed by atoms with Gasteiger partial charge in [0.25, 0.3) is 0 Å². The summed E-state index contributed by atoms with van der Waals surface area (Å²) in [5, 5.41) is 1.94. The van der Waals surface area contributed by atoms with Crippen LogP contribution >= 0.6 is 23.2 Å². The zero-order chi connectivity index (χ0) is 12.8. The van der Waals surface area contributed by atoms with E-state index in [1.54, 1.807) is 0 Å². The van der Waals surface area contributed by atoms with Gasteiger partial charge >= 0.3 is 0 Å². The van der Waals surface area contributed by atoms with Crippen LogP contribution in [-0.4, -0.2) is 0 Å². The zero-order valence-corrected chi connectivity index (χ0v) is 14.4. The second-order valence-corrected chi connectivity index (χ2v) is 6.24. The summed E-state index contributed by atoms with van der Waals surface area (Å²) >= 11 is 12.4. The molecule has 0 saturated carbocycles. The summed E-state index contributed by atoms with van der Waals surface area (Å²) in [6.07, 6.45) is 6.24. The Morgan fingerprint density at radius 3 is 1.44 bits per heavy atom. The van der Waals surface area contributed by atoms with Crippen LogP contribution in [0, 0.1) is 5.41 Å². The molecule has 0 aromatic carbocycles. The van der Waals surface area contributed by atoms with Gasteiger partial charge in [-0.3, -0.25) is 0 Å². The molecule has 0 aliphatic heterocycles. The molecule has 0 unspecified atom stereocenters. The molecule has 2 aliphatic carbocycles. The molecule has 0 aromatic rings. The standard InChI is InChI=1S/C15H18Cl2.Ti/c1-9-11(5-7-13(9)16)15(3,4)12-6-8-14(17)10(12)2;/h5-6H,7-8H2,1-4H3;. The monoisotopic (exact) mass is 316 g/mol. The third kappa shape index (κ3) is 2.58. The van der Waals surface area contributed by atoms with Crippen molar-refractivity contribution in [1.82, 2.24) is 0 Å². The van der Waals surface area contributed by atoms with Gasteiger partial charge in [0, 0.05) is 50.0 Å². The van der Waals surface area contributed by atoms with Crippen molar-refractivity contribution in [2.75, 3.05) is 0 Å². The molecule has 96 valence electrons. The number of halogens is 2. The maximum absolute atomic E-state index is 6.21. The van der Waals surface area contributed by atoms with Gasteiger partial charge in [-0.05, 0) is 36.1 Å². The first kappa shape index (κ1) is 16.3. The van der Waals surface area contributed by atoms with E-state index in [2.05, 4.69) is 39.8 Å². The summed E-state index contributed by atoms with van der Waals surface area (Å²) in [6.45, 7) is 8.73. The Morgan fingerprint density at radius 2 is 1.22 bits per heavy atom. The molecule has 2 aliphatic rings. The second kappa shape index (κ2) is 5.71. The van der Waals surface area contributed by atoms with E-state index in [-0.39, 0.29) is 27.1 Å². The van der Waals surface area contributed by atoms with Crippen LogP contribution in [0.3, 0.4) is 0 Å². The molecular weight excluding hydrogens is 299 g/mol. The molecule has 2 rings (SSSR count). The average molecular weight is 317 g/mol. The molecule has 0 radical (unpaired) electrons. The van der Waals surface area contributed by atoms with Gasteiger partial charge in [-0.2, -0.15) is 0 Å². The van der Waals surface area contributed by atoms with E-state index in [9.17, 15) is 0 Å². The van der Waals surface area contributed by atoms with Crippen molar-refractivity contribution in [3.63, 3.8) is 0 Å². The van der Waals surface area contributed by atoms with E-state index in [1.807, 2.05) is 0 Å². The molecule has 3 heteroatoms. The van der Waals surface area contributed by atoms with Crippen molar-refractivity contribution in [2.24, 2.45) is 5.41 Å². The van der Waals surface area contributed by atoms with E-state index in [1.165, 1.54) is 22.3 Å². The van der Waals surface area contributed by atoms with Crippen molar-refractivity contribution in [2.45, 2.75) is 40.5 Å². The van der Waals surface area contributed by atoms with Crippen LogP contribution in [0.25, 0.3) is 0 Å². The predicted octanol–water partition coefficient (Wildman–Crippen LogP) is 5.70. The van der Waals surface area contributed by atoms with E-state index in [0.29, 0.717) is 0 Å². The van der Waals surface area contributed by atoms with Crippen LogP contribution in [-0.2, 0) is 21.7 Å². The van der Waals surface area contributed by atoms with E-state index < -0.39 is 0 Å². The molecule has 0 saturated heterocycles.